The summed E-state index contributed by atoms with van der Waals surface area (Å²) >= 11 is 0. The lowest BCUT2D eigenvalue weighted by molar-refractivity contribution is -0.116. The van der Waals surface area contributed by atoms with Crippen LogP contribution in [0.4, 0.5) is 18.6 Å². The second-order valence-electron chi connectivity index (χ2n) is 3.54. The fraction of sp³-hybridized carbons (Fsp3) is 0.222. The SMILES string of the molecule is O=C1CCc2cc([B-](F)(F)F)ccc2N1. The Hall–Kier alpha value is -1.46. The van der Waals surface area contributed by atoms with Crippen LogP contribution in [-0.2, 0) is 11.2 Å². The number of nitrogens with one attached hydrogen (secondary N) is 1. The van der Waals surface area contributed by atoms with E-state index in [0.717, 1.165) is 12.1 Å². The van der Waals surface area contributed by atoms with Crippen molar-refractivity contribution in [2.24, 2.45) is 0 Å². The summed E-state index contributed by atoms with van der Waals surface area (Å²) in [5.41, 5.74) is 0.450. The second-order valence-corrected chi connectivity index (χ2v) is 3.54. The predicted molar refractivity (Wildman–Crippen MR) is 52.1 cm³/mol. The first-order valence-corrected chi connectivity index (χ1v) is 4.59. The van der Waals surface area contributed by atoms with Crippen molar-refractivity contribution in [1.29, 1.82) is 0 Å². The van der Waals surface area contributed by atoms with Crippen molar-refractivity contribution < 1.29 is 17.7 Å². The standard InChI is InChI=1S/C9H8BF3NO/c11-10(12,13)7-2-3-8-6(5-7)1-4-9(15)14-8/h2-3,5H,1,4H2,(H,14,15)/q-1. The van der Waals surface area contributed by atoms with E-state index in [4.69, 9.17) is 0 Å². The molecule has 15 heavy (non-hydrogen) atoms. The molecule has 1 aromatic rings. The number of carbonyl (C=O) groups excluding carboxylic acids is 1. The molecule has 0 saturated heterocycles. The van der Waals surface area contributed by atoms with Crippen LogP contribution < -0.4 is 10.8 Å². The lowest BCUT2D eigenvalue weighted by atomic mass is 9.78. The van der Waals surface area contributed by atoms with Crippen molar-refractivity contribution in [1.82, 2.24) is 0 Å². The van der Waals surface area contributed by atoms with Crippen LogP contribution >= 0.6 is 0 Å². The van der Waals surface area contributed by atoms with Gasteiger partial charge in [-0.05, 0) is 18.1 Å². The number of halogens is 3. The topological polar surface area (TPSA) is 29.1 Å². The van der Waals surface area contributed by atoms with Crippen LogP contribution in [0.2, 0.25) is 0 Å². The Bertz CT molecular complexity index is 416. The molecule has 1 aromatic carbocycles. The fourth-order valence-corrected chi connectivity index (χ4v) is 1.61. The molecule has 2 nitrogen and oxygen atoms in total. The van der Waals surface area contributed by atoms with E-state index in [1.165, 1.54) is 6.07 Å². The summed E-state index contributed by atoms with van der Waals surface area (Å²) in [6.07, 6.45) is 0.627. The Balaban J connectivity index is 2.39. The Labute approximate surface area is 84.5 Å². The molecule has 6 heteroatoms. The number of benzene rings is 1. The van der Waals surface area contributed by atoms with Crippen LogP contribution in [0.1, 0.15) is 12.0 Å². The fourth-order valence-electron chi connectivity index (χ4n) is 1.61. The second kappa shape index (κ2) is 3.29. The van der Waals surface area contributed by atoms with E-state index in [9.17, 15) is 17.7 Å². The van der Waals surface area contributed by atoms with Gasteiger partial charge in [-0.1, -0.05) is 12.1 Å². The van der Waals surface area contributed by atoms with Gasteiger partial charge in [0.1, 0.15) is 0 Å². The van der Waals surface area contributed by atoms with Gasteiger partial charge in [0.2, 0.25) is 5.91 Å². The number of aryl methyl sites for hydroxylation is 1. The van der Waals surface area contributed by atoms with Gasteiger partial charge in [-0.25, -0.2) is 0 Å². The van der Waals surface area contributed by atoms with Crippen LogP contribution in [0.3, 0.4) is 0 Å². The summed E-state index contributed by atoms with van der Waals surface area (Å²) in [5, 5.41) is 2.54. The molecule has 0 radical (unpaired) electrons. The Morgan fingerprint density at radius 3 is 2.60 bits per heavy atom. The number of rotatable bonds is 1. The Kier molecular flexibility index (Phi) is 2.21. The highest BCUT2D eigenvalue weighted by atomic mass is 19.4. The van der Waals surface area contributed by atoms with Gasteiger partial charge in [-0.2, -0.15) is 0 Å². The molecule has 0 atom stereocenters. The van der Waals surface area contributed by atoms with Crippen molar-refractivity contribution >= 4 is 24.0 Å². The number of carbonyl (C=O) groups is 1. The molecule has 0 saturated carbocycles. The maximum absolute atomic E-state index is 12.4. The third kappa shape index (κ3) is 1.98. The monoisotopic (exact) mass is 214 g/mol. The molecule has 0 aliphatic carbocycles. The van der Waals surface area contributed by atoms with Gasteiger partial charge in [0, 0.05) is 12.1 Å². The van der Waals surface area contributed by atoms with E-state index in [1.807, 2.05) is 0 Å². The summed E-state index contributed by atoms with van der Waals surface area (Å²) in [5.74, 6) is -0.146. The molecule has 1 aliphatic heterocycles. The molecule has 2 rings (SSSR count). The van der Waals surface area contributed by atoms with Crippen molar-refractivity contribution in [2.75, 3.05) is 5.32 Å². The van der Waals surface area contributed by atoms with Gasteiger partial charge in [0.15, 0.2) is 0 Å². The third-order valence-corrected chi connectivity index (χ3v) is 2.40. The minimum absolute atomic E-state index is 0.146. The highest BCUT2D eigenvalue weighted by molar-refractivity contribution is 6.73. The number of amides is 1. The molecule has 0 aromatic heterocycles. The van der Waals surface area contributed by atoms with Gasteiger partial charge in [0.05, 0.1) is 0 Å². The first-order chi connectivity index (χ1) is 6.97. The zero-order valence-electron chi connectivity index (χ0n) is 7.77. The summed E-state index contributed by atoms with van der Waals surface area (Å²) in [7, 11) is 0. The number of hydrogen-bond acceptors (Lipinski definition) is 1. The van der Waals surface area contributed by atoms with Crippen molar-refractivity contribution in [2.45, 2.75) is 12.8 Å². The lowest BCUT2D eigenvalue weighted by Gasteiger charge is -2.21. The Morgan fingerprint density at radius 2 is 1.93 bits per heavy atom. The molecular weight excluding hydrogens is 206 g/mol. The van der Waals surface area contributed by atoms with Crippen molar-refractivity contribution in [3.63, 3.8) is 0 Å². The van der Waals surface area contributed by atoms with Gasteiger partial charge >= 0.3 is 6.98 Å². The van der Waals surface area contributed by atoms with E-state index in [0.29, 0.717) is 17.7 Å². The molecule has 1 aliphatic rings. The van der Waals surface area contributed by atoms with E-state index >= 15 is 0 Å². The first-order valence-electron chi connectivity index (χ1n) is 4.59. The Morgan fingerprint density at radius 1 is 1.20 bits per heavy atom. The lowest BCUT2D eigenvalue weighted by Crippen LogP contribution is -2.35. The number of fused-ring (bicyclic) bond motifs is 1. The molecule has 0 fully saturated rings. The third-order valence-electron chi connectivity index (χ3n) is 2.40. The summed E-state index contributed by atoms with van der Waals surface area (Å²) < 4.78 is 37.2. The maximum Gasteiger partial charge on any atom is 0.509 e. The number of hydrogen-bond donors (Lipinski definition) is 1. The van der Waals surface area contributed by atoms with Crippen LogP contribution in [0.5, 0.6) is 0 Å². The zero-order valence-corrected chi connectivity index (χ0v) is 7.77. The molecule has 80 valence electrons. The van der Waals surface area contributed by atoms with Crippen LogP contribution in [0.15, 0.2) is 18.2 Å². The average molecular weight is 214 g/mol. The summed E-state index contributed by atoms with van der Waals surface area (Å²) in [6, 6.07) is 3.44. The largest absolute Gasteiger partial charge is 0.509 e. The quantitative estimate of drug-likeness (QED) is 0.707. The highest BCUT2D eigenvalue weighted by Gasteiger charge is 2.26. The molecule has 1 heterocycles. The van der Waals surface area contributed by atoms with E-state index in [-0.39, 0.29) is 12.3 Å². The molecule has 0 bridgehead atoms. The molecule has 0 unspecified atom stereocenters. The van der Waals surface area contributed by atoms with E-state index < -0.39 is 12.4 Å². The van der Waals surface area contributed by atoms with Crippen molar-refractivity contribution in [3.8, 4) is 0 Å². The normalized spacial score (nSPS) is 15.8. The smallest absolute Gasteiger partial charge is 0.445 e. The molecule has 1 N–H and O–H groups in total. The van der Waals surface area contributed by atoms with Crippen LogP contribution in [-0.4, -0.2) is 12.9 Å². The average Bonchev–Trinajstić information content (AvgIpc) is 2.15. The van der Waals surface area contributed by atoms with Gasteiger partial charge < -0.3 is 18.3 Å². The van der Waals surface area contributed by atoms with Gasteiger partial charge in [0.25, 0.3) is 0 Å². The number of anilines is 1. The molecule has 0 spiro atoms. The molecular formula is C9H8BF3NO-. The van der Waals surface area contributed by atoms with Crippen molar-refractivity contribution in [3.05, 3.63) is 23.8 Å². The van der Waals surface area contributed by atoms with Crippen LogP contribution in [0.25, 0.3) is 0 Å². The van der Waals surface area contributed by atoms with Gasteiger partial charge in [-0.3, -0.25) is 4.79 Å². The maximum atomic E-state index is 12.4. The summed E-state index contributed by atoms with van der Waals surface area (Å²) in [6.45, 7) is -4.95. The minimum atomic E-state index is -4.95. The van der Waals surface area contributed by atoms with Crippen LogP contribution in [0, 0.1) is 0 Å². The van der Waals surface area contributed by atoms with E-state index in [2.05, 4.69) is 5.32 Å². The highest BCUT2D eigenvalue weighted by Crippen LogP contribution is 2.22. The minimum Gasteiger partial charge on any atom is -0.445 e. The first kappa shape index (κ1) is 10.1. The molecule has 1 amide bonds. The van der Waals surface area contributed by atoms with E-state index in [1.54, 1.807) is 0 Å². The predicted octanol–water partition coefficient (Wildman–Crippen LogP) is 1.63. The summed E-state index contributed by atoms with van der Waals surface area (Å²) in [4.78, 5) is 11.0. The van der Waals surface area contributed by atoms with Gasteiger partial charge in [-0.15, -0.1) is 5.46 Å². The zero-order chi connectivity index (χ0) is 11.1.